The van der Waals surface area contributed by atoms with Gasteiger partial charge in [0.05, 0.1) is 12.0 Å². The Hall–Kier alpha value is -2.08. The van der Waals surface area contributed by atoms with Crippen molar-refractivity contribution in [2.75, 3.05) is 7.11 Å². The third-order valence-corrected chi connectivity index (χ3v) is 6.77. The van der Waals surface area contributed by atoms with Crippen molar-refractivity contribution in [3.05, 3.63) is 47.6 Å². The molecule has 0 spiro atoms. The Labute approximate surface area is 156 Å². The van der Waals surface area contributed by atoms with E-state index in [2.05, 4.69) is 6.08 Å². The summed E-state index contributed by atoms with van der Waals surface area (Å²) in [4.78, 5) is 11.8. The molecule has 0 radical (unpaired) electrons. The third kappa shape index (κ3) is 5.21. The predicted octanol–water partition coefficient (Wildman–Crippen LogP) is 4.40. The van der Waals surface area contributed by atoms with Crippen LogP contribution in [0.1, 0.15) is 47.0 Å². The fourth-order valence-electron chi connectivity index (χ4n) is 2.39. The molecule has 0 saturated heterocycles. The number of carbonyl (C=O) groups is 1. The lowest BCUT2D eigenvalue weighted by atomic mass is 10.0. The molecule has 0 fully saturated rings. The summed E-state index contributed by atoms with van der Waals surface area (Å²) in [6.45, 7) is 7.18. The highest BCUT2D eigenvalue weighted by Crippen LogP contribution is 2.31. The van der Waals surface area contributed by atoms with Crippen molar-refractivity contribution >= 4 is 15.8 Å². The Morgan fingerprint density at radius 1 is 1.15 bits per heavy atom. The minimum Gasteiger partial charge on any atom is -0.497 e. The summed E-state index contributed by atoms with van der Waals surface area (Å²) >= 11 is 0. The number of hydrogen-bond donors (Lipinski definition) is 1. The average molecular weight is 381 g/mol. The minimum absolute atomic E-state index is 0.0289. The zero-order chi connectivity index (χ0) is 20.0. The lowest BCUT2D eigenvalue weighted by Crippen LogP contribution is -2.43. The van der Waals surface area contributed by atoms with Gasteiger partial charge in [0.25, 0.3) is 0 Å². The third-order valence-electron chi connectivity index (χ3n) is 4.35. The number of rotatable bonds is 9. The Morgan fingerprint density at radius 2 is 1.73 bits per heavy atom. The minimum atomic E-state index is -4.07. The SMILES string of the molecule is COc1ccc(S(=O)(=O)C(C)(C/C=C(\C)CCC=C(C)C)C(=O)O)cc1. The second-order valence-electron chi connectivity index (χ2n) is 6.79. The van der Waals surface area contributed by atoms with E-state index in [1.165, 1.54) is 43.9 Å². The fourth-order valence-corrected chi connectivity index (χ4v) is 3.93. The monoisotopic (exact) mass is 380 g/mol. The van der Waals surface area contributed by atoms with E-state index in [4.69, 9.17) is 4.74 Å². The van der Waals surface area contributed by atoms with Crippen LogP contribution in [0.2, 0.25) is 0 Å². The first-order chi connectivity index (χ1) is 12.0. The van der Waals surface area contributed by atoms with E-state index in [0.29, 0.717) is 5.75 Å². The van der Waals surface area contributed by atoms with Gasteiger partial charge in [0.1, 0.15) is 5.75 Å². The van der Waals surface area contributed by atoms with Crippen LogP contribution in [-0.2, 0) is 14.6 Å². The molecular weight excluding hydrogens is 352 g/mol. The summed E-state index contributed by atoms with van der Waals surface area (Å²) in [6, 6.07) is 5.77. The summed E-state index contributed by atoms with van der Waals surface area (Å²) in [5.74, 6) is -0.849. The number of hydrogen-bond acceptors (Lipinski definition) is 4. The van der Waals surface area contributed by atoms with Crippen molar-refractivity contribution in [3.63, 3.8) is 0 Å². The second kappa shape index (κ2) is 9.03. The maximum atomic E-state index is 13.0. The molecule has 1 aromatic rings. The molecule has 0 bridgehead atoms. The number of carboxylic acids is 1. The number of ether oxygens (including phenoxy) is 1. The van der Waals surface area contributed by atoms with Crippen molar-refractivity contribution in [1.82, 2.24) is 0 Å². The van der Waals surface area contributed by atoms with Crippen LogP contribution in [-0.4, -0.2) is 31.4 Å². The van der Waals surface area contributed by atoms with Gasteiger partial charge >= 0.3 is 5.97 Å². The van der Waals surface area contributed by atoms with Crippen molar-refractivity contribution < 1.29 is 23.1 Å². The quantitative estimate of drug-likeness (QED) is 0.642. The molecule has 26 heavy (non-hydrogen) atoms. The van der Waals surface area contributed by atoms with Gasteiger partial charge in [-0.2, -0.15) is 0 Å². The van der Waals surface area contributed by atoms with Crippen LogP contribution in [0.15, 0.2) is 52.5 Å². The molecule has 0 amide bonds. The molecule has 6 heteroatoms. The van der Waals surface area contributed by atoms with E-state index in [1.807, 2.05) is 20.8 Å². The maximum absolute atomic E-state index is 13.0. The standard InChI is InChI=1S/C20H28O5S/c1-15(2)7-6-8-16(3)13-14-20(4,19(21)22)26(23,24)18-11-9-17(25-5)10-12-18/h7,9-13H,6,8,14H2,1-5H3,(H,21,22)/b16-13+. The normalized spacial score (nSPS) is 14.4. The molecule has 5 nitrogen and oxygen atoms in total. The second-order valence-corrected chi connectivity index (χ2v) is 9.17. The molecule has 1 atom stereocenters. The van der Waals surface area contributed by atoms with Gasteiger partial charge in [-0.3, -0.25) is 4.79 Å². The van der Waals surface area contributed by atoms with Crippen LogP contribution in [0.5, 0.6) is 5.75 Å². The van der Waals surface area contributed by atoms with Crippen molar-refractivity contribution in [1.29, 1.82) is 0 Å². The zero-order valence-corrected chi connectivity index (χ0v) is 16.9. The van der Waals surface area contributed by atoms with Gasteiger partial charge in [0.15, 0.2) is 14.6 Å². The summed E-state index contributed by atoms with van der Waals surface area (Å²) in [5, 5.41) is 9.65. The fraction of sp³-hybridized carbons (Fsp3) is 0.450. The molecule has 1 N–H and O–H groups in total. The van der Waals surface area contributed by atoms with Crippen LogP contribution in [0.3, 0.4) is 0 Å². The molecule has 0 aliphatic carbocycles. The zero-order valence-electron chi connectivity index (χ0n) is 16.1. The smallest absolute Gasteiger partial charge is 0.325 e. The topological polar surface area (TPSA) is 80.7 Å². The van der Waals surface area contributed by atoms with Crippen LogP contribution in [0, 0.1) is 0 Å². The van der Waals surface area contributed by atoms with E-state index in [-0.39, 0.29) is 11.3 Å². The summed E-state index contributed by atoms with van der Waals surface area (Å²) in [5.41, 5.74) is 2.19. The van der Waals surface area contributed by atoms with Gasteiger partial charge < -0.3 is 9.84 Å². The Kier molecular flexibility index (Phi) is 7.63. The number of sulfone groups is 1. The first-order valence-electron chi connectivity index (χ1n) is 8.45. The molecule has 0 aromatic heterocycles. The van der Waals surface area contributed by atoms with E-state index in [0.717, 1.165) is 18.4 Å². The van der Waals surface area contributed by atoms with E-state index in [1.54, 1.807) is 6.08 Å². The maximum Gasteiger partial charge on any atom is 0.325 e. The van der Waals surface area contributed by atoms with E-state index < -0.39 is 20.6 Å². The number of benzene rings is 1. The summed E-state index contributed by atoms with van der Waals surface area (Å²) in [7, 11) is -2.59. The molecular formula is C20H28O5S. The Bertz CT molecular complexity index is 784. The summed E-state index contributed by atoms with van der Waals surface area (Å²) < 4.78 is 29.0. The molecule has 0 aliphatic heterocycles. The molecule has 1 rings (SSSR count). The highest BCUT2D eigenvalue weighted by Gasteiger charge is 2.46. The van der Waals surface area contributed by atoms with E-state index in [9.17, 15) is 18.3 Å². The van der Waals surface area contributed by atoms with Gasteiger partial charge in [-0.1, -0.05) is 23.3 Å². The number of methoxy groups -OCH3 is 1. The van der Waals surface area contributed by atoms with Crippen LogP contribution in [0.25, 0.3) is 0 Å². The largest absolute Gasteiger partial charge is 0.497 e. The number of aliphatic carboxylic acids is 1. The highest BCUT2D eigenvalue weighted by atomic mass is 32.2. The van der Waals surface area contributed by atoms with Gasteiger partial charge in [-0.15, -0.1) is 0 Å². The molecule has 0 aliphatic rings. The summed E-state index contributed by atoms with van der Waals surface area (Å²) in [6.07, 6.45) is 5.34. The van der Waals surface area contributed by atoms with Gasteiger partial charge in [0.2, 0.25) is 0 Å². The first-order valence-corrected chi connectivity index (χ1v) is 9.94. The number of carboxylic acid groups (broad SMARTS) is 1. The lowest BCUT2D eigenvalue weighted by molar-refractivity contribution is -0.139. The molecule has 144 valence electrons. The van der Waals surface area contributed by atoms with Gasteiger partial charge in [-0.25, -0.2) is 8.42 Å². The molecule has 1 unspecified atom stereocenters. The van der Waals surface area contributed by atoms with Crippen LogP contribution < -0.4 is 4.74 Å². The first kappa shape index (κ1) is 22.0. The predicted molar refractivity (Wildman–Crippen MR) is 103 cm³/mol. The molecule has 1 aromatic carbocycles. The van der Waals surface area contributed by atoms with Crippen molar-refractivity contribution in [2.24, 2.45) is 0 Å². The number of allylic oxidation sites excluding steroid dienone is 4. The Balaban J connectivity index is 3.10. The highest BCUT2D eigenvalue weighted by molar-refractivity contribution is 7.93. The van der Waals surface area contributed by atoms with Gasteiger partial charge in [-0.05, 0) is 71.2 Å². The van der Waals surface area contributed by atoms with Gasteiger partial charge in [0, 0.05) is 0 Å². The van der Waals surface area contributed by atoms with Crippen molar-refractivity contribution in [2.45, 2.75) is 56.6 Å². The van der Waals surface area contributed by atoms with Crippen LogP contribution >= 0.6 is 0 Å². The average Bonchev–Trinajstić information content (AvgIpc) is 2.58. The van der Waals surface area contributed by atoms with Crippen molar-refractivity contribution in [3.8, 4) is 5.75 Å². The lowest BCUT2D eigenvalue weighted by Gasteiger charge is -2.24. The molecule has 0 saturated carbocycles. The van der Waals surface area contributed by atoms with E-state index >= 15 is 0 Å². The van der Waals surface area contributed by atoms with Crippen LogP contribution in [0.4, 0.5) is 0 Å². The Morgan fingerprint density at radius 3 is 2.19 bits per heavy atom. The molecule has 0 heterocycles.